The van der Waals surface area contributed by atoms with Gasteiger partial charge in [-0.3, -0.25) is 4.79 Å². The van der Waals surface area contributed by atoms with Crippen LogP contribution in [-0.2, 0) is 20.9 Å². The molecule has 0 bridgehead atoms. The monoisotopic (exact) mass is 417 g/mol. The van der Waals surface area contributed by atoms with Gasteiger partial charge in [0.05, 0.1) is 15.3 Å². The van der Waals surface area contributed by atoms with E-state index in [0.29, 0.717) is 10.6 Å². The zero-order valence-electron chi connectivity index (χ0n) is 17.0. The first-order chi connectivity index (χ1) is 13.5. The Bertz CT molecular complexity index is 973. The van der Waals surface area contributed by atoms with E-state index >= 15 is 0 Å². The number of benzene rings is 2. The highest BCUT2D eigenvalue weighted by molar-refractivity contribution is 7.93. The van der Waals surface area contributed by atoms with E-state index in [1.807, 2.05) is 51.1 Å². The SMILES string of the molecule is CC(C)(C)N=S(C)(=O)c1ccc(NC(=O)[C@H](Cc2ccccc2)NC(=O)O)cc1. The molecule has 156 valence electrons. The molecule has 0 aromatic heterocycles. The Hall–Kier alpha value is -2.87. The largest absolute Gasteiger partial charge is 0.465 e. The Labute approximate surface area is 171 Å². The molecule has 0 radical (unpaired) electrons. The van der Waals surface area contributed by atoms with Gasteiger partial charge in [-0.25, -0.2) is 13.4 Å². The standard InChI is InChI=1S/C21H27N3O4S/c1-21(2,3)24-29(4,28)17-12-10-16(11-13-17)22-19(25)18(23-20(26)27)14-15-8-6-5-7-9-15/h5-13,18,23H,14H2,1-4H3,(H,22,25)(H,26,27)/t18-,29?/m0/s1. The molecule has 2 atom stereocenters. The molecule has 0 aliphatic carbocycles. The first kappa shape index (κ1) is 22.4. The molecule has 7 nitrogen and oxygen atoms in total. The summed E-state index contributed by atoms with van der Waals surface area (Å²) >= 11 is 0. The predicted octanol–water partition coefficient (Wildman–Crippen LogP) is 3.76. The Morgan fingerprint density at radius 1 is 1.07 bits per heavy atom. The van der Waals surface area contributed by atoms with Crippen molar-refractivity contribution in [2.75, 3.05) is 11.6 Å². The molecule has 0 saturated heterocycles. The number of carbonyl (C=O) groups is 2. The summed E-state index contributed by atoms with van der Waals surface area (Å²) in [5, 5.41) is 14.0. The smallest absolute Gasteiger partial charge is 0.405 e. The van der Waals surface area contributed by atoms with Crippen molar-refractivity contribution in [3.63, 3.8) is 0 Å². The van der Waals surface area contributed by atoms with Gasteiger partial charge in [0.1, 0.15) is 6.04 Å². The number of amides is 2. The minimum Gasteiger partial charge on any atom is -0.465 e. The van der Waals surface area contributed by atoms with Gasteiger partial charge in [0.2, 0.25) is 5.91 Å². The van der Waals surface area contributed by atoms with Crippen LogP contribution in [0, 0.1) is 0 Å². The summed E-state index contributed by atoms with van der Waals surface area (Å²) in [5.41, 5.74) is 0.882. The van der Waals surface area contributed by atoms with Gasteiger partial charge >= 0.3 is 6.09 Å². The molecule has 0 fully saturated rings. The van der Waals surface area contributed by atoms with E-state index < -0.39 is 33.3 Å². The Kier molecular flexibility index (Phi) is 7.02. The van der Waals surface area contributed by atoms with Crippen molar-refractivity contribution in [1.29, 1.82) is 0 Å². The second-order valence-corrected chi connectivity index (χ2v) is 10.0. The fourth-order valence-electron chi connectivity index (χ4n) is 2.80. The highest BCUT2D eigenvalue weighted by atomic mass is 32.2. The van der Waals surface area contributed by atoms with Crippen LogP contribution in [0.25, 0.3) is 0 Å². The van der Waals surface area contributed by atoms with Gasteiger partial charge in [-0.05, 0) is 50.6 Å². The highest BCUT2D eigenvalue weighted by Crippen LogP contribution is 2.20. The number of carboxylic acid groups (broad SMARTS) is 1. The van der Waals surface area contributed by atoms with Crippen LogP contribution < -0.4 is 10.6 Å². The van der Waals surface area contributed by atoms with Gasteiger partial charge in [0, 0.05) is 23.3 Å². The maximum absolute atomic E-state index is 12.8. The second-order valence-electron chi connectivity index (χ2n) is 7.77. The quantitative estimate of drug-likeness (QED) is 0.665. The van der Waals surface area contributed by atoms with Gasteiger partial charge in [0.25, 0.3) is 0 Å². The lowest BCUT2D eigenvalue weighted by molar-refractivity contribution is -0.118. The van der Waals surface area contributed by atoms with Crippen molar-refractivity contribution in [2.24, 2.45) is 4.36 Å². The summed E-state index contributed by atoms with van der Waals surface area (Å²) in [7, 11) is -2.56. The van der Waals surface area contributed by atoms with Gasteiger partial charge < -0.3 is 15.7 Å². The number of hydrogen-bond donors (Lipinski definition) is 3. The molecule has 0 saturated carbocycles. The maximum atomic E-state index is 12.8. The molecule has 0 aliphatic rings. The second kappa shape index (κ2) is 9.09. The first-order valence-electron chi connectivity index (χ1n) is 9.14. The van der Waals surface area contributed by atoms with Gasteiger partial charge in [-0.1, -0.05) is 30.3 Å². The fraction of sp³-hybridized carbons (Fsp3) is 0.333. The van der Waals surface area contributed by atoms with Gasteiger partial charge in [-0.2, -0.15) is 0 Å². The average Bonchev–Trinajstić information content (AvgIpc) is 2.60. The summed E-state index contributed by atoms with van der Waals surface area (Å²) in [5.74, 6) is -0.472. The molecule has 2 aromatic rings. The van der Waals surface area contributed by atoms with Crippen molar-refractivity contribution in [1.82, 2.24) is 5.32 Å². The van der Waals surface area contributed by atoms with E-state index in [2.05, 4.69) is 15.0 Å². The van der Waals surface area contributed by atoms with Crippen LogP contribution in [0.15, 0.2) is 63.9 Å². The van der Waals surface area contributed by atoms with Crippen LogP contribution in [0.5, 0.6) is 0 Å². The molecule has 2 amide bonds. The summed E-state index contributed by atoms with van der Waals surface area (Å²) in [6.07, 6.45) is 0.536. The molecule has 0 spiro atoms. The number of carbonyl (C=O) groups excluding carboxylic acids is 1. The molecular weight excluding hydrogens is 390 g/mol. The molecule has 8 heteroatoms. The molecule has 0 heterocycles. The predicted molar refractivity (Wildman–Crippen MR) is 115 cm³/mol. The van der Waals surface area contributed by atoms with E-state index in [1.54, 1.807) is 30.5 Å². The number of hydrogen-bond acceptors (Lipinski definition) is 4. The Morgan fingerprint density at radius 3 is 2.17 bits per heavy atom. The minimum atomic E-state index is -2.56. The third-order valence-electron chi connectivity index (χ3n) is 3.90. The van der Waals surface area contributed by atoms with E-state index in [-0.39, 0.29) is 6.42 Å². The number of nitrogens with one attached hydrogen (secondary N) is 2. The van der Waals surface area contributed by atoms with Crippen LogP contribution >= 0.6 is 0 Å². The molecular formula is C21H27N3O4S. The topological polar surface area (TPSA) is 108 Å². The van der Waals surface area contributed by atoms with Crippen LogP contribution in [0.4, 0.5) is 10.5 Å². The average molecular weight is 418 g/mol. The molecule has 3 N–H and O–H groups in total. The number of nitrogens with zero attached hydrogens (tertiary/aromatic N) is 1. The summed E-state index contributed by atoms with van der Waals surface area (Å²) in [6.45, 7) is 5.65. The zero-order chi connectivity index (χ0) is 21.7. The number of rotatable bonds is 6. The number of anilines is 1. The van der Waals surface area contributed by atoms with E-state index in [1.165, 1.54) is 0 Å². The third kappa shape index (κ3) is 7.23. The lowest BCUT2D eigenvalue weighted by atomic mass is 10.1. The van der Waals surface area contributed by atoms with Crippen LogP contribution in [-0.4, -0.2) is 39.2 Å². The summed E-state index contributed by atoms with van der Waals surface area (Å²) in [6, 6.07) is 14.8. The van der Waals surface area contributed by atoms with Crippen LogP contribution in [0.1, 0.15) is 26.3 Å². The summed E-state index contributed by atoms with van der Waals surface area (Å²) in [4.78, 5) is 24.3. The highest BCUT2D eigenvalue weighted by Gasteiger charge is 2.21. The molecule has 29 heavy (non-hydrogen) atoms. The van der Waals surface area contributed by atoms with Crippen molar-refractivity contribution in [2.45, 2.75) is 43.7 Å². The molecule has 0 aliphatic heterocycles. The van der Waals surface area contributed by atoms with E-state index in [9.17, 15) is 13.8 Å². The van der Waals surface area contributed by atoms with E-state index in [0.717, 1.165) is 5.56 Å². The lowest BCUT2D eigenvalue weighted by Gasteiger charge is -2.18. The Morgan fingerprint density at radius 2 is 1.66 bits per heavy atom. The molecule has 2 aromatic carbocycles. The first-order valence-corrected chi connectivity index (χ1v) is 11.1. The van der Waals surface area contributed by atoms with Crippen molar-refractivity contribution < 1.29 is 18.9 Å². The van der Waals surface area contributed by atoms with E-state index in [4.69, 9.17) is 5.11 Å². The Balaban J connectivity index is 2.16. The van der Waals surface area contributed by atoms with Gasteiger partial charge in [0.15, 0.2) is 0 Å². The zero-order valence-corrected chi connectivity index (χ0v) is 17.8. The third-order valence-corrected chi connectivity index (χ3v) is 5.95. The fourth-order valence-corrected chi connectivity index (χ4v) is 4.60. The van der Waals surface area contributed by atoms with Crippen molar-refractivity contribution in [3.8, 4) is 0 Å². The van der Waals surface area contributed by atoms with Crippen LogP contribution in [0.2, 0.25) is 0 Å². The van der Waals surface area contributed by atoms with Crippen molar-refractivity contribution >= 4 is 27.4 Å². The van der Waals surface area contributed by atoms with Gasteiger partial charge in [-0.15, -0.1) is 0 Å². The van der Waals surface area contributed by atoms with Crippen molar-refractivity contribution in [3.05, 3.63) is 60.2 Å². The molecule has 2 rings (SSSR count). The normalized spacial score (nSPS) is 14.3. The lowest BCUT2D eigenvalue weighted by Crippen LogP contribution is -2.44. The minimum absolute atomic E-state index is 0.226. The van der Waals surface area contributed by atoms with Crippen LogP contribution in [0.3, 0.4) is 0 Å². The molecule has 1 unspecified atom stereocenters. The maximum Gasteiger partial charge on any atom is 0.405 e. The summed E-state index contributed by atoms with van der Waals surface area (Å²) < 4.78 is 17.2.